The summed E-state index contributed by atoms with van der Waals surface area (Å²) in [5.74, 6) is 1.31. The summed E-state index contributed by atoms with van der Waals surface area (Å²) in [6.45, 7) is 6.27. The Labute approximate surface area is 202 Å². The van der Waals surface area contributed by atoms with Crippen molar-refractivity contribution in [2.24, 2.45) is 4.99 Å². The highest BCUT2D eigenvalue weighted by Crippen LogP contribution is 2.43. The molecular weight excluding hydrogens is 428 g/mol. The van der Waals surface area contributed by atoms with E-state index >= 15 is 0 Å². The van der Waals surface area contributed by atoms with Gasteiger partial charge in [0.15, 0.2) is 11.5 Å². The van der Waals surface area contributed by atoms with Gasteiger partial charge in [0.2, 0.25) is 0 Å². The number of rotatable bonds is 5. The monoisotopic (exact) mass is 464 g/mol. The molecule has 1 fully saturated rings. The Hall–Kier alpha value is -3.02. The maximum absolute atomic E-state index is 13.1. The number of anilines is 1. The zero-order chi connectivity index (χ0) is 24.3. The van der Waals surface area contributed by atoms with Crippen LogP contribution in [0, 0.1) is 0 Å². The second kappa shape index (κ2) is 10.1. The number of amides is 1. The lowest BCUT2D eigenvalue weighted by molar-refractivity contribution is 0.0584. The minimum absolute atomic E-state index is 0.323. The van der Waals surface area contributed by atoms with E-state index < -0.39 is 5.60 Å². The molecule has 0 aromatic heterocycles. The first-order chi connectivity index (χ1) is 16.3. The Morgan fingerprint density at radius 3 is 2.41 bits per heavy atom. The third kappa shape index (κ3) is 5.21. The van der Waals surface area contributed by atoms with Crippen molar-refractivity contribution >= 4 is 18.0 Å². The van der Waals surface area contributed by atoms with Crippen LogP contribution in [0.4, 0.5) is 10.5 Å². The third-order valence-electron chi connectivity index (χ3n) is 6.45. The van der Waals surface area contributed by atoms with Gasteiger partial charge in [0, 0.05) is 29.9 Å². The van der Waals surface area contributed by atoms with Gasteiger partial charge < -0.3 is 14.2 Å². The number of aliphatic imine (C=N–C) groups is 1. The number of ether oxygens (including phenoxy) is 3. The lowest BCUT2D eigenvalue weighted by Crippen LogP contribution is -2.36. The van der Waals surface area contributed by atoms with Gasteiger partial charge in [-0.3, -0.25) is 9.89 Å². The van der Waals surface area contributed by atoms with E-state index in [2.05, 4.69) is 12.1 Å². The quantitative estimate of drug-likeness (QED) is 0.479. The van der Waals surface area contributed by atoms with Crippen LogP contribution in [0.15, 0.2) is 35.3 Å². The maximum Gasteiger partial charge on any atom is 0.414 e. The van der Waals surface area contributed by atoms with Crippen molar-refractivity contribution < 1.29 is 19.0 Å². The molecule has 34 heavy (non-hydrogen) atoms. The molecule has 0 unspecified atom stereocenters. The molecule has 0 saturated heterocycles. The second-order valence-electron chi connectivity index (χ2n) is 10.1. The van der Waals surface area contributed by atoms with Crippen molar-refractivity contribution in [1.82, 2.24) is 0 Å². The number of carbonyl (C=O) groups excluding carboxylic acids is 1. The molecule has 2 aromatic rings. The van der Waals surface area contributed by atoms with Gasteiger partial charge in [-0.05, 0) is 63.3 Å². The Morgan fingerprint density at radius 1 is 1.03 bits per heavy atom. The van der Waals surface area contributed by atoms with Crippen LogP contribution in [0.25, 0.3) is 11.1 Å². The first-order valence-corrected chi connectivity index (χ1v) is 12.2. The molecule has 2 aromatic carbocycles. The summed E-state index contributed by atoms with van der Waals surface area (Å²) in [7, 11) is 3.28. The van der Waals surface area contributed by atoms with E-state index in [1.807, 2.05) is 45.2 Å². The third-order valence-corrected chi connectivity index (χ3v) is 6.45. The molecule has 6 heteroatoms. The Bertz CT molecular complexity index is 1060. The van der Waals surface area contributed by atoms with Gasteiger partial charge in [0.1, 0.15) is 5.60 Å². The molecule has 2 aliphatic rings. The van der Waals surface area contributed by atoms with Crippen LogP contribution in [0.1, 0.15) is 64.0 Å². The number of methoxy groups -OCH3 is 2. The van der Waals surface area contributed by atoms with Crippen molar-refractivity contribution in [2.45, 2.75) is 70.9 Å². The molecule has 6 nitrogen and oxygen atoms in total. The average molecular weight is 465 g/mol. The number of hydrogen-bond acceptors (Lipinski definition) is 5. The van der Waals surface area contributed by atoms with E-state index in [4.69, 9.17) is 19.2 Å². The molecule has 182 valence electrons. The molecule has 0 N–H and O–H groups in total. The number of carbonyl (C=O) groups is 1. The highest BCUT2D eigenvalue weighted by atomic mass is 16.6. The van der Waals surface area contributed by atoms with E-state index in [0.717, 1.165) is 47.2 Å². The van der Waals surface area contributed by atoms with E-state index in [1.165, 1.54) is 19.3 Å². The highest BCUT2D eigenvalue weighted by Gasteiger charge is 2.32. The van der Waals surface area contributed by atoms with Gasteiger partial charge in [-0.1, -0.05) is 37.5 Å². The maximum atomic E-state index is 13.1. The van der Waals surface area contributed by atoms with E-state index in [9.17, 15) is 4.79 Å². The standard InChI is InChI=1S/C28H36N2O4/c1-28(2,3)34-27(31)30-15-14-19-10-9-13-22(26(19)30)23-17-25(33-5)24(32-4)16-20(23)18-29-21-11-7-6-8-12-21/h9-10,13,16-18,21H,6-8,11-12,14-15H2,1-5H3. The molecule has 1 amide bonds. The molecule has 1 saturated carbocycles. The van der Waals surface area contributed by atoms with Gasteiger partial charge in [-0.25, -0.2) is 4.79 Å². The minimum atomic E-state index is -0.560. The van der Waals surface area contributed by atoms with Crippen molar-refractivity contribution in [3.8, 4) is 22.6 Å². The normalized spacial score (nSPS) is 16.6. The van der Waals surface area contributed by atoms with Gasteiger partial charge in [0.05, 0.1) is 19.9 Å². The zero-order valence-corrected chi connectivity index (χ0v) is 21.0. The predicted octanol–water partition coefficient (Wildman–Crippen LogP) is 6.42. The zero-order valence-electron chi connectivity index (χ0n) is 21.0. The molecule has 0 bridgehead atoms. The van der Waals surface area contributed by atoms with Crippen LogP contribution >= 0.6 is 0 Å². The predicted molar refractivity (Wildman–Crippen MR) is 137 cm³/mol. The molecule has 1 heterocycles. The topological polar surface area (TPSA) is 60.4 Å². The largest absolute Gasteiger partial charge is 0.493 e. The molecule has 1 aliphatic carbocycles. The van der Waals surface area contributed by atoms with Crippen LogP contribution in [-0.4, -0.2) is 44.7 Å². The lowest BCUT2D eigenvalue weighted by atomic mass is 9.94. The van der Waals surface area contributed by atoms with E-state index in [0.29, 0.717) is 24.1 Å². The van der Waals surface area contributed by atoms with Crippen LogP contribution in [-0.2, 0) is 11.2 Å². The van der Waals surface area contributed by atoms with Crippen LogP contribution in [0.2, 0.25) is 0 Å². The molecule has 0 atom stereocenters. The summed E-state index contributed by atoms with van der Waals surface area (Å²) < 4.78 is 17.0. The summed E-state index contributed by atoms with van der Waals surface area (Å²) in [5.41, 5.74) is 4.35. The number of benzene rings is 2. The molecule has 1 aliphatic heterocycles. The highest BCUT2D eigenvalue weighted by molar-refractivity contribution is 6.01. The van der Waals surface area contributed by atoms with Crippen LogP contribution in [0.5, 0.6) is 11.5 Å². The number of nitrogens with zero attached hydrogens (tertiary/aromatic N) is 2. The summed E-state index contributed by atoms with van der Waals surface area (Å²) in [6, 6.07) is 10.5. The van der Waals surface area contributed by atoms with Gasteiger partial charge in [-0.2, -0.15) is 0 Å². The fraction of sp³-hybridized carbons (Fsp3) is 0.500. The summed E-state index contributed by atoms with van der Waals surface area (Å²) in [5, 5.41) is 0. The van der Waals surface area contributed by atoms with Gasteiger partial charge in [-0.15, -0.1) is 0 Å². The molecule has 0 spiro atoms. The molecular formula is C28H36N2O4. The van der Waals surface area contributed by atoms with Crippen molar-refractivity contribution in [3.63, 3.8) is 0 Å². The SMILES string of the molecule is COc1cc(C=NC2CCCCC2)c(-c2cccc3c2N(C(=O)OC(C)(C)C)CC3)cc1OC. The number of hydrogen-bond donors (Lipinski definition) is 0. The fourth-order valence-corrected chi connectivity index (χ4v) is 4.82. The Kier molecular flexibility index (Phi) is 7.15. The summed E-state index contributed by atoms with van der Waals surface area (Å²) in [4.78, 5) is 19.8. The first kappa shape index (κ1) is 24.1. The van der Waals surface area contributed by atoms with E-state index in [1.54, 1.807) is 19.1 Å². The second-order valence-corrected chi connectivity index (χ2v) is 10.1. The fourth-order valence-electron chi connectivity index (χ4n) is 4.82. The first-order valence-electron chi connectivity index (χ1n) is 12.2. The Balaban J connectivity index is 1.80. The van der Waals surface area contributed by atoms with E-state index in [-0.39, 0.29) is 6.09 Å². The van der Waals surface area contributed by atoms with Crippen LogP contribution in [0.3, 0.4) is 0 Å². The van der Waals surface area contributed by atoms with Gasteiger partial charge >= 0.3 is 6.09 Å². The molecule has 0 radical (unpaired) electrons. The lowest BCUT2D eigenvalue weighted by Gasteiger charge is -2.26. The van der Waals surface area contributed by atoms with Crippen molar-refractivity contribution in [3.05, 3.63) is 41.5 Å². The summed E-state index contributed by atoms with van der Waals surface area (Å²) in [6.07, 6.45) is 8.47. The van der Waals surface area contributed by atoms with Gasteiger partial charge in [0.25, 0.3) is 0 Å². The number of para-hydroxylation sites is 1. The van der Waals surface area contributed by atoms with Crippen molar-refractivity contribution in [1.29, 1.82) is 0 Å². The summed E-state index contributed by atoms with van der Waals surface area (Å²) >= 11 is 0. The smallest absolute Gasteiger partial charge is 0.414 e. The van der Waals surface area contributed by atoms with Crippen molar-refractivity contribution in [2.75, 3.05) is 25.7 Å². The number of fused-ring (bicyclic) bond motifs is 1. The van der Waals surface area contributed by atoms with Crippen LogP contribution < -0.4 is 14.4 Å². The average Bonchev–Trinajstić information content (AvgIpc) is 3.26. The molecule has 4 rings (SSSR count). The minimum Gasteiger partial charge on any atom is -0.493 e. The Morgan fingerprint density at radius 2 is 1.74 bits per heavy atom.